The van der Waals surface area contributed by atoms with Crippen LogP contribution >= 0.6 is 23.4 Å². The molecule has 4 nitrogen and oxygen atoms in total. The monoisotopic (exact) mass is 500 g/mol. The van der Waals surface area contributed by atoms with Crippen LogP contribution in [0.1, 0.15) is 32.3 Å². The van der Waals surface area contributed by atoms with Crippen LogP contribution in [-0.4, -0.2) is 11.8 Å². The molecule has 0 saturated carbocycles. The number of carbonyl (C=O) groups is 2. The fourth-order valence-electron chi connectivity index (χ4n) is 3.59. The molecule has 0 bridgehead atoms. The molecule has 0 saturated heterocycles. The highest BCUT2D eigenvalue weighted by molar-refractivity contribution is 8.00. The van der Waals surface area contributed by atoms with Crippen molar-refractivity contribution in [3.8, 4) is 0 Å². The van der Waals surface area contributed by atoms with E-state index in [-0.39, 0.29) is 11.8 Å². The molecule has 4 rings (SSSR count). The number of nitrogens with one attached hydrogen (secondary N) is 2. The van der Waals surface area contributed by atoms with E-state index in [9.17, 15) is 9.59 Å². The smallest absolute Gasteiger partial charge is 0.255 e. The molecule has 0 aliphatic rings. The van der Waals surface area contributed by atoms with Gasteiger partial charge in [-0.2, -0.15) is 0 Å². The molecule has 0 aromatic heterocycles. The van der Waals surface area contributed by atoms with E-state index < -0.39 is 5.25 Å². The molecule has 0 aliphatic carbocycles. The summed E-state index contributed by atoms with van der Waals surface area (Å²) in [6, 6.07) is 30.0. The van der Waals surface area contributed by atoms with Gasteiger partial charge in [0.25, 0.3) is 5.91 Å². The Kier molecular flexibility index (Phi) is 7.91. The number of thioether (sulfide) groups is 1. The van der Waals surface area contributed by atoms with Gasteiger partial charge in [-0.15, -0.1) is 11.8 Å². The second-order valence-corrected chi connectivity index (χ2v) is 9.82. The minimum Gasteiger partial charge on any atom is -0.325 e. The average Bonchev–Trinajstić information content (AvgIpc) is 2.85. The van der Waals surface area contributed by atoms with Gasteiger partial charge in [-0.3, -0.25) is 9.59 Å². The van der Waals surface area contributed by atoms with Crippen molar-refractivity contribution in [2.75, 3.05) is 10.6 Å². The highest BCUT2D eigenvalue weighted by Crippen LogP contribution is 2.37. The minimum absolute atomic E-state index is 0.108. The van der Waals surface area contributed by atoms with Crippen molar-refractivity contribution in [1.29, 1.82) is 0 Å². The van der Waals surface area contributed by atoms with E-state index in [1.807, 2.05) is 86.6 Å². The molecule has 4 aromatic carbocycles. The molecule has 1 atom stereocenters. The van der Waals surface area contributed by atoms with Gasteiger partial charge in [0.05, 0.1) is 0 Å². The second kappa shape index (κ2) is 11.3. The largest absolute Gasteiger partial charge is 0.325 e. The standard InChI is InChI=1S/C29H25ClN2O2S/c1-19-14-15-20(2)26(16-19)32-29(34)27(21-8-4-3-5-9-21)35-25-13-7-12-24(18-25)31-28(33)22-10-6-11-23(30)17-22/h3-18,27H,1-2H3,(H,31,33)(H,32,34). The molecule has 1 unspecified atom stereocenters. The van der Waals surface area contributed by atoms with Crippen molar-refractivity contribution in [3.05, 3.63) is 124 Å². The summed E-state index contributed by atoms with van der Waals surface area (Å²) in [5.41, 5.74) is 4.91. The molecule has 176 valence electrons. The van der Waals surface area contributed by atoms with Gasteiger partial charge in [-0.05, 0) is 73.0 Å². The Morgan fingerprint density at radius 3 is 2.34 bits per heavy atom. The first kappa shape index (κ1) is 24.6. The first-order chi connectivity index (χ1) is 16.9. The van der Waals surface area contributed by atoms with E-state index in [0.29, 0.717) is 16.3 Å². The number of rotatable bonds is 7. The van der Waals surface area contributed by atoms with Crippen LogP contribution in [0.5, 0.6) is 0 Å². The van der Waals surface area contributed by atoms with Crippen LogP contribution < -0.4 is 10.6 Å². The summed E-state index contributed by atoms with van der Waals surface area (Å²) in [5, 5.41) is 6.04. The predicted octanol–water partition coefficient (Wildman–Crippen LogP) is 7.68. The summed E-state index contributed by atoms with van der Waals surface area (Å²) < 4.78 is 0. The predicted molar refractivity (Wildman–Crippen MR) is 145 cm³/mol. The first-order valence-electron chi connectivity index (χ1n) is 11.2. The molecule has 2 N–H and O–H groups in total. The number of anilines is 2. The van der Waals surface area contributed by atoms with Gasteiger partial charge in [0.15, 0.2) is 0 Å². The fourth-order valence-corrected chi connectivity index (χ4v) is 4.86. The highest BCUT2D eigenvalue weighted by Gasteiger charge is 2.23. The Morgan fingerprint density at radius 1 is 0.800 bits per heavy atom. The third-order valence-electron chi connectivity index (χ3n) is 5.42. The Hall–Kier alpha value is -3.54. The molecule has 2 amide bonds. The van der Waals surface area contributed by atoms with Gasteiger partial charge in [0.2, 0.25) is 5.91 Å². The average molecular weight is 501 g/mol. The van der Waals surface area contributed by atoms with Crippen LogP contribution in [0, 0.1) is 13.8 Å². The Labute approximate surface area is 214 Å². The SMILES string of the molecule is Cc1ccc(C)c(NC(=O)C(Sc2cccc(NC(=O)c3cccc(Cl)c3)c2)c2ccccc2)c1. The lowest BCUT2D eigenvalue weighted by Gasteiger charge is -2.19. The summed E-state index contributed by atoms with van der Waals surface area (Å²) in [6.07, 6.45) is 0. The Morgan fingerprint density at radius 2 is 1.57 bits per heavy atom. The van der Waals surface area contributed by atoms with E-state index in [4.69, 9.17) is 11.6 Å². The lowest BCUT2D eigenvalue weighted by atomic mass is 10.1. The first-order valence-corrected chi connectivity index (χ1v) is 12.4. The quantitative estimate of drug-likeness (QED) is 0.256. The Balaban J connectivity index is 1.56. The molecule has 0 fully saturated rings. The molecule has 0 spiro atoms. The van der Waals surface area contributed by atoms with Gasteiger partial charge in [-0.25, -0.2) is 0 Å². The van der Waals surface area contributed by atoms with E-state index in [2.05, 4.69) is 10.6 Å². The molecule has 0 heterocycles. The topological polar surface area (TPSA) is 58.2 Å². The van der Waals surface area contributed by atoms with Crippen molar-refractivity contribution in [3.63, 3.8) is 0 Å². The van der Waals surface area contributed by atoms with E-state index in [0.717, 1.165) is 27.3 Å². The number of carbonyl (C=O) groups excluding carboxylic acids is 2. The maximum atomic E-state index is 13.4. The number of amides is 2. The number of halogens is 1. The molecule has 35 heavy (non-hydrogen) atoms. The third-order valence-corrected chi connectivity index (χ3v) is 6.91. The Bertz CT molecular complexity index is 1360. The van der Waals surface area contributed by atoms with Crippen LogP contribution in [-0.2, 0) is 4.79 Å². The van der Waals surface area contributed by atoms with Crippen molar-refractivity contribution < 1.29 is 9.59 Å². The van der Waals surface area contributed by atoms with E-state index in [1.165, 1.54) is 11.8 Å². The van der Waals surface area contributed by atoms with Crippen molar-refractivity contribution in [2.45, 2.75) is 24.0 Å². The fraction of sp³-hybridized carbons (Fsp3) is 0.103. The van der Waals surface area contributed by atoms with E-state index >= 15 is 0 Å². The summed E-state index contributed by atoms with van der Waals surface area (Å²) in [7, 11) is 0. The molecule has 0 aliphatic heterocycles. The lowest BCUT2D eigenvalue weighted by Crippen LogP contribution is -2.19. The lowest BCUT2D eigenvalue weighted by molar-refractivity contribution is -0.115. The number of benzene rings is 4. The van der Waals surface area contributed by atoms with Crippen LogP contribution in [0.25, 0.3) is 0 Å². The van der Waals surface area contributed by atoms with Crippen molar-refractivity contribution in [1.82, 2.24) is 0 Å². The summed E-state index contributed by atoms with van der Waals surface area (Å²) in [6.45, 7) is 3.98. The molecule has 6 heteroatoms. The zero-order valence-electron chi connectivity index (χ0n) is 19.4. The normalized spacial score (nSPS) is 11.5. The molecule has 0 radical (unpaired) electrons. The summed E-state index contributed by atoms with van der Waals surface area (Å²) in [5.74, 6) is -0.356. The maximum Gasteiger partial charge on any atom is 0.255 e. The van der Waals surface area contributed by atoms with Crippen molar-refractivity contribution in [2.24, 2.45) is 0 Å². The summed E-state index contributed by atoms with van der Waals surface area (Å²) >= 11 is 7.45. The minimum atomic E-state index is -0.477. The summed E-state index contributed by atoms with van der Waals surface area (Å²) in [4.78, 5) is 27.0. The van der Waals surface area contributed by atoms with Gasteiger partial charge in [-0.1, -0.05) is 66.2 Å². The number of hydrogen-bond donors (Lipinski definition) is 2. The zero-order valence-corrected chi connectivity index (χ0v) is 21.0. The van der Waals surface area contributed by atoms with Crippen LogP contribution in [0.15, 0.2) is 102 Å². The van der Waals surface area contributed by atoms with Crippen LogP contribution in [0.2, 0.25) is 5.02 Å². The number of aryl methyl sites for hydroxylation is 2. The van der Waals surface area contributed by atoms with Crippen LogP contribution in [0.3, 0.4) is 0 Å². The molecular weight excluding hydrogens is 476 g/mol. The second-order valence-electron chi connectivity index (χ2n) is 8.21. The van der Waals surface area contributed by atoms with Crippen molar-refractivity contribution >= 4 is 46.6 Å². The van der Waals surface area contributed by atoms with Crippen LogP contribution in [0.4, 0.5) is 11.4 Å². The third kappa shape index (κ3) is 6.53. The van der Waals surface area contributed by atoms with E-state index in [1.54, 1.807) is 24.3 Å². The highest BCUT2D eigenvalue weighted by atomic mass is 35.5. The van der Waals surface area contributed by atoms with Gasteiger partial charge >= 0.3 is 0 Å². The number of hydrogen-bond acceptors (Lipinski definition) is 3. The maximum absolute atomic E-state index is 13.4. The van der Waals surface area contributed by atoms with Gasteiger partial charge in [0.1, 0.15) is 5.25 Å². The molecular formula is C29H25ClN2O2S. The van der Waals surface area contributed by atoms with Gasteiger partial charge in [0, 0.05) is 26.9 Å². The molecule has 4 aromatic rings. The zero-order chi connectivity index (χ0) is 24.8. The van der Waals surface area contributed by atoms with Gasteiger partial charge < -0.3 is 10.6 Å².